The van der Waals surface area contributed by atoms with Crippen molar-refractivity contribution in [3.05, 3.63) is 314 Å². The van der Waals surface area contributed by atoms with E-state index >= 15 is 0 Å². The van der Waals surface area contributed by atoms with Gasteiger partial charge in [-0.15, -0.1) is 0 Å². The Balaban J connectivity index is 0.803. The second-order valence-electron chi connectivity index (χ2n) is 22.6. The predicted molar refractivity (Wildman–Crippen MR) is 358 cm³/mol. The highest BCUT2D eigenvalue weighted by Crippen LogP contribution is 2.44. The number of benzene rings is 10. The van der Waals surface area contributed by atoms with Gasteiger partial charge in [0.15, 0.2) is 0 Å². The van der Waals surface area contributed by atoms with Crippen LogP contribution in [0.2, 0.25) is 0 Å². The molecule has 0 saturated carbocycles. The van der Waals surface area contributed by atoms with E-state index in [-0.39, 0.29) is 0 Å². The minimum atomic E-state index is 0.860. The molecule has 0 atom stereocenters. The molecule has 6 heteroatoms. The highest BCUT2D eigenvalue weighted by atomic mass is 15.0. The number of hydrogen-bond donors (Lipinski definition) is 0. The maximum Gasteiger partial charge on any atom is 0.0709 e. The van der Waals surface area contributed by atoms with Crippen LogP contribution in [0.15, 0.2) is 303 Å². The van der Waals surface area contributed by atoms with Crippen LogP contribution in [0.5, 0.6) is 0 Å². The lowest BCUT2D eigenvalue weighted by Gasteiger charge is -2.13. The molecule has 1 aliphatic carbocycles. The molecule has 0 N–H and O–H groups in total. The fourth-order valence-corrected chi connectivity index (χ4v) is 13.1. The van der Waals surface area contributed by atoms with Gasteiger partial charge in [-0.1, -0.05) is 182 Å². The summed E-state index contributed by atoms with van der Waals surface area (Å²) in [4.78, 5) is 20.9. The van der Waals surface area contributed by atoms with Crippen molar-refractivity contribution in [1.29, 1.82) is 0 Å². The Morgan fingerprint density at radius 2 is 0.460 bits per heavy atom. The van der Waals surface area contributed by atoms with Crippen LogP contribution in [0.1, 0.15) is 11.1 Å². The Morgan fingerprint density at radius 3 is 0.724 bits per heavy atom. The first-order chi connectivity index (χ1) is 43.1. The maximum absolute atomic E-state index is 5.22. The van der Waals surface area contributed by atoms with Gasteiger partial charge in [0.05, 0.1) is 67.6 Å². The lowest BCUT2D eigenvalue weighted by molar-refractivity contribution is 1.17. The van der Waals surface area contributed by atoms with E-state index in [1.165, 1.54) is 22.3 Å². The van der Waals surface area contributed by atoms with E-state index < -0.39 is 0 Å². The zero-order valence-electron chi connectivity index (χ0n) is 47.3. The Bertz CT molecular complexity index is 4740. The minimum absolute atomic E-state index is 0.860. The summed E-state index contributed by atoms with van der Waals surface area (Å²) >= 11 is 0. The molecule has 0 bridgehead atoms. The molecule has 0 fully saturated rings. The van der Waals surface area contributed by atoms with Crippen molar-refractivity contribution in [2.75, 3.05) is 0 Å². The van der Waals surface area contributed by atoms with Gasteiger partial charge in [-0.2, -0.15) is 0 Å². The minimum Gasteiger partial charge on any atom is -0.309 e. The number of rotatable bonds is 10. The van der Waals surface area contributed by atoms with Crippen LogP contribution in [0.3, 0.4) is 0 Å². The van der Waals surface area contributed by atoms with E-state index in [1.54, 1.807) is 0 Å². The molecule has 17 rings (SSSR count). The molecule has 10 aromatic carbocycles. The number of hydrogen-bond acceptors (Lipinski definition) is 4. The maximum atomic E-state index is 5.22. The third-order valence-corrected chi connectivity index (χ3v) is 17.4. The van der Waals surface area contributed by atoms with Crippen LogP contribution in [0, 0.1) is 0 Å². The Morgan fingerprint density at radius 1 is 0.207 bits per heavy atom. The van der Waals surface area contributed by atoms with E-state index in [2.05, 4.69) is 288 Å². The van der Waals surface area contributed by atoms with Gasteiger partial charge in [0, 0.05) is 77.4 Å². The van der Waals surface area contributed by atoms with Crippen LogP contribution in [-0.4, -0.2) is 29.1 Å². The number of aromatic nitrogens is 6. The van der Waals surface area contributed by atoms with Crippen molar-refractivity contribution in [3.63, 3.8) is 0 Å². The number of pyridine rings is 4. The number of fused-ring (bicyclic) bond motifs is 9. The molecular formula is C81H52N6. The Labute approximate surface area is 503 Å². The molecule has 1 aliphatic rings. The summed E-state index contributed by atoms with van der Waals surface area (Å²) in [6.07, 6.45) is 0.860. The molecule has 0 radical (unpaired) electrons. The van der Waals surface area contributed by atoms with Crippen molar-refractivity contribution in [2.24, 2.45) is 0 Å². The smallest absolute Gasteiger partial charge is 0.0709 e. The zero-order chi connectivity index (χ0) is 57.4. The predicted octanol–water partition coefficient (Wildman–Crippen LogP) is 20.4. The van der Waals surface area contributed by atoms with Gasteiger partial charge in [0.1, 0.15) is 0 Å². The molecule has 0 unspecified atom stereocenters. The summed E-state index contributed by atoms with van der Waals surface area (Å²) in [5.74, 6) is 0. The summed E-state index contributed by atoms with van der Waals surface area (Å²) in [6, 6.07) is 108. The Hall–Kier alpha value is -11.6. The van der Waals surface area contributed by atoms with E-state index in [0.717, 1.165) is 151 Å². The molecule has 6 nitrogen and oxygen atoms in total. The first-order valence-corrected chi connectivity index (χ1v) is 29.6. The zero-order valence-corrected chi connectivity index (χ0v) is 47.3. The van der Waals surface area contributed by atoms with Gasteiger partial charge in [-0.3, -0.25) is 0 Å². The lowest BCUT2D eigenvalue weighted by atomic mass is 10.0. The first-order valence-electron chi connectivity index (χ1n) is 29.6. The quantitative estimate of drug-likeness (QED) is 0.137. The molecule has 87 heavy (non-hydrogen) atoms. The summed E-state index contributed by atoms with van der Waals surface area (Å²) in [7, 11) is 0. The van der Waals surface area contributed by atoms with Crippen molar-refractivity contribution >= 4 is 43.6 Å². The molecule has 0 aliphatic heterocycles. The van der Waals surface area contributed by atoms with Crippen LogP contribution >= 0.6 is 0 Å². The third-order valence-electron chi connectivity index (χ3n) is 17.4. The van der Waals surface area contributed by atoms with Crippen molar-refractivity contribution in [1.82, 2.24) is 29.1 Å². The fourth-order valence-electron chi connectivity index (χ4n) is 13.1. The van der Waals surface area contributed by atoms with Crippen molar-refractivity contribution in [2.45, 2.75) is 6.42 Å². The SMILES string of the molecule is c1ccc(-c2cccc(-c3ccc4c(c3)c3cc(-c5cccc(-c6ccccc6)n5)ccc3n4-c3ccc4c(c3)-c3cc(-n5c6ccc(-c7cccc(-c8ccccc8)n7)cc6c6cc(-c7cccc(-c8ccccc8)n7)ccc65)ccc3C4)n2)cc1. The summed E-state index contributed by atoms with van der Waals surface area (Å²) in [5, 5.41) is 4.60. The van der Waals surface area contributed by atoms with Crippen LogP contribution in [0.25, 0.3) is 156 Å². The molecule has 16 aromatic rings. The van der Waals surface area contributed by atoms with Crippen molar-refractivity contribution in [3.8, 4) is 113 Å². The highest BCUT2D eigenvalue weighted by Gasteiger charge is 2.24. The monoisotopic (exact) mass is 1110 g/mol. The Kier molecular flexibility index (Phi) is 11.8. The van der Waals surface area contributed by atoms with Gasteiger partial charge < -0.3 is 9.13 Å². The van der Waals surface area contributed by atoms with E-state index in [1.807, 2.05) is 24.3 Å². The lowest BCUT2D eigenvalue weighted by Crippen LogP contribution is -1.96. The standard InChI is InChI=1S/C81H52N6/c1-5-17-52(18-6-1)70-25-13-29-74(82-70)58-35-41-78-66(46-58)67-47-59(75-30-14-26-71(83-75)53-19-7-2-8-20-53)36-42-79(67)86(78)62-39-33-56-45-57-34-40-63(51-65(57)64(56)50-62)87-80-43-37-60(76-31-15-27-72(84-76)54-21-9-3-10-22-54)48-68(80)69-49-61(38-44-81(69)87)77-32-16-28-73(85-77)55-23-11-4-12-24-55/h1-44,46-51H,45H2. The van der Waals surface area contributed by atoms with Crippen LogP contribution in [0.4, 0.5) is 0 Å². The van der Waals surface area contributed by atoms with Crippen molar-refractivity contribution < 1.29 is 0 Å². The van der Waals surface area contributed by atoms with Gasteiger partial charge in [-0.05, 0) is 150 Å². The number of nitrogens with zero attached hydrogens (tertiary/aromatic N) is 6. The molecule has 406 valence electrons. The average Bonchev–Trinajstić information content (AvgIpc) is 1.90. The molecule has 6 heterocycles. The second kappa shape index (κ2) is 20.6. The second-order valence-corrected chi connectivity index (χ2v) is 22.6. The summed E-state index contributed by atoms with van der Waals surface area (Å²) in [6.45, 7) is 0. The van der Waals surface area contributed by atoms with Gasteiger partial charge in [0.25, 0.3) is 0 Å². The molecule has 0 spiro atoms. The third kappa shape index (κ3) is 8.81. The topological polar surface area (TPSA) is 61.4 Å². The van der Waals surface area contributed by atoms with Gasteiger partial charge >= 0.3 is 0 Å². The van der Waals surface area contributed by atoms with Crippen LogP contribution in [-0.2, 0) is 6.42 Å². The highest BCUT2D eigenvalue weighted by molar-refractivity contribution is 6.13. The molecule has 0 saturated heterocycles. The van der Waals surface area contributed by atoms with Crippen LogP contribution < -0.4 is 0 Å². The molecule has 6 aromatic heterocycles. The average molecular weight is 1110 g/mol. The first kappa shape index (κ1) is 50.0. The summed E-state index contributed by atoms with van der Waals surface area (Å²) < 4.78 is 4.89. The molecular weight excluding hydrogens is 1060 g/mol. The largest absolute Gasteiger partial charge is 0.309 e. The van der Waals surface area contributed by atoms with Gasteiger partial charge in [0.2, 0.25) is 0 Å². The fraction of sp³-hybridized carbons (Fsp3) is 0.0123. The summed E-state index contributed by atoms with van der Waals surface area (Å²) in [5.41, 5.74) is 27.9. The van der Waals surface area contributed by atoms with Gasteiger partial charge in [-0.25, -0.2) is 19.9 Å². The van der Waals surface area contributed by atoms with E-state index in [0.29, 0.717) is 0 Å². The normalized spacial score (nSPS) is 11.9. The molecule has 0 amide bonds. The van der Waals surface area contributed by atoms with E-state index in [9.17, 15) is 0 Å². The van der Waals surface area contributed by atoms with E-state index in [4.69, 9.17) is 19.9 Å².